The molecular weight excluding hydrogens is 304 g/mol. The van der Waals surface area contributed by atoms with Crippen molar-refractivity contribution in [2.24, 2.45) is 0 Å². The van der Waals surface area contributed by atoms with Gasteiger partial charge in [-0.3, -0.25) is 4.79 Å². The quantitative estimate of drug-likeness (QED) is 0.579. The SMILES string of the molecule is O=C(c1ccc(Cl)cc1)c1ccc(CCc2ccccc2)cc1. The van der Waals surface area contributed by atoms with Gasteiger partial charge in [0.2, 0.25) is 0 Å². The Kier molecular flexibility index (Phi) is 4.89. The van der Waals surface area contributed by atoms with Crippen molar-refractivity contribution in [1.82, 2.24) is 0 Å². The minimum atomic E-state index is 0.0243. The molecule has 0 saturated carbocycles. The van der Waals surface area contributed by atoms with E-state index in [1.807, 2.05) is 30.3 Å². The lowest BCUT2D eigenvalue weighted by Crippen LogP contribution is -2.01. The summed E-state index contributed by atoms with van der Waals surface area (Å²) in [5.74, 6) is 0.0243. The summed E-state index contributed by atoms with van der Waals surface area (Å²) in [6, 6.07) is 25.3. The molecule has 3 aromatic carbocycles. The zero-order valence-electron chi connectivity index (χ0n) is 12.7. The predicted octanol–water partition coefficient (Wildman–Crippen LogP) is 5.36. The topological polar surface area (TPSA) is 17.1 Å². The van der Waals surface area contributed by atoms with E-state index >= 15 is 0 Å². The van der Waals surface area contributed by atoms with Gasteiger partial charge in [-0.2, -0.15) is 0 Å². The van der Waals surface area contributed by atoms with Crippen LogP contribution < -0.4 is 0 Å². The van der Waals surface area contributed by atoms with E-state index in [1.165, 1.54) is 11.1 Å². The van der Waals surface area contributed by atoms with Gasteiger partial charge in [-0.1, -0.05) is 66.2 Å². The molecule has 0 saturated heterocycles. The molecule has 0 aliphatic carbocycles. The smallest absolute Gasteiger partial charge is 0.193 e. The Morgan fingerprint density at radius 1 is 0.652 bits per heavy atom. The van der Waals surface area contributed by atoms with E-state index in [9.17, 15) is 4.79 Å². The molecule has 0 atom stereocenters. The number of rotatable bonds is 5. The van der Waals surface area contributed by atoms with Crippen LogP contribution in [0, 0.1) is 0 Å². The number of ketones is 1. The first kappa shape index (κ1) is 15.5. The average Bonchev–Trinajstić information content (AvgIpc) is 2.61. The van der Waals surface area contributed by atoms with Crippen LogP contribution in [-0.4, -0.2) is 5.78 Å². The number of hydrogen-bond acceptors (Lipinski definition) is 1. The third kappa shape index (κ3) is 4.08. The van der Waals surface area contributed by atoms with Crippen LogP contribution in [0.4, 0.5) is 0 Å². The lowest BCUT2D eigenvalue weighted by atomic mass is 9.99. The Bertz CT molecular complexity index is 774. The van der Waals surface area contributed by atoms with Crippen LogP contribution in [0.25, 0.3) is 0 Å². The van der Waals surface area contributed by atoms with E-state index in [0.29, 0.717) is 16.1 Å². The van der Waals surface area contributed by atoms with Gasteiger partial charge >= 0.3 is 0 Å². The van der Waals surface area contributed by atoms with E-state index < -0.39 is 0 Å². The molecule has 0 N–H and O–H groups in total. The molecule has 23 heavy (non-hydrogen) atoms. The van der Waals surface area contributed by atoms with Crippen molar-refractivity contribution < 1.29 is 4.79 Å². The van der Waals surface area contributed by atoms with Gasteiger partial charge in [-0.25, -0.2) is 0 Å². The second kappa shape index (κ2) is 7.26. The summed E-state index contributed by atoms with van der Waals surface area (Å²) < 4.78 is 0. The van der Waals surface area contributed by atoms with Crippen LogP contribution in [0.2, 0.25) is 5.02 Å². The monoisotopic (exact) mass is 320 g/mol. The fourth-order valence-electron chi connectivity index (χ4n) is 2.52. The second-order valence-corrected chi connectivity index (χ2v) is 5.95. The zero-order chi connectivity index (χ0) is 16.1. The summed E-state index contributed by atoms with van der Waals surface area (Å²) in [6.45, 7) is 0. The van der Waals surface area contributed by atoms with Crippen molar-refractivity contribution in [2.45, 2.75) is 12.8 Å². The van der Waals surface area contributed by atoms with Crippen molar-refractivity contribution in [3.63, 3.8) is 0 Å². The Hall–Kier alpha value is -2.38. The van der Waals surface area contributed by atoms with Crippen LogP contribution >= 0.6 is 11.6 Å². The van der Waals surface area contributed by atoms with Crippen molar-refractivity contribution in [3.8, 4) is 0 Å². The Balaban J connectivity index is 1.67. The molecule has 0 heterocycles. The van der Waals surface area contributed by atoms with Crippen LogP contribution in [0.5, 0.6) is 0 Å². The normalized spacial score (nSPS) is 10.5. The first-order valence-electron chi connectivity index (χ1n) is 7.65. The highest BCUT2D eigenvalue weighted by Gasteiger charge is 2.08. The summed E-state index contributed by atoms with van der Waals surface area (Å²) in [5, 5.41) is 0.637. The summed E-state index contributed by atoms with van der Waals surface area (Å²) in [6.07, 6.45) is 1.98. The van der Waals surface area contributed by atoms with Crippen LogP contribution in [-0.2, 0) is 12.8 Å². The molecular formula is C21H17ClO. The second-order valence-electron chi connectivity index (χ2n) is 5.52. The molecule has 114 valence electrons. The standard InChI is InChI=1S/C21H17ClO/c22-20-14-12-19(13-15-20)21(23)18-10-8-17(9-11-18)7-6-16-4-2-1-3-5-16/h1-5,8-15H,6-7H2. The maximum atomic E-state index is 12.4. The minimum Gasteiger partial charge on any atom is -0.289 e. The molecule has 0 aliphatic heterocycles. The third-order valence-corrected chi connectivity index (χ3v) is 4.12. The van der Waals surface area contributed by atoms with Crippen LogP contribution in [0.15, 0.2) is 78.9 Å². The Morgan fingerprint density at radius 3 is 1.70 bits per heavy atom. The minimum absolute atomic E-state index is 0.0243. The lowest BCUT2D eigenvalue weighted by Gasteiger charge is -2.05. The van der Waals surface area contributed by atoms with Crippen LogP contribution in [0.3, 0.4) is 0 Å². The van der Waals surface area contributed by atoms with Gasteiger partial charge in [-0.15, -0.1) is 0 Å². The van der Waals surface area contributed by atoms with Crippen molar-refractivity contribution in [1.29, 1.82) is 0 Å². The van der Waals surface area contributed by atoms with Crippen molar-refractivity contribution in [2.75, 3.05) is 0 Å². The van der Waals surface area contributed by atoms with Gasteiger partial charge in [0.25, 0.3) is 0 Å². The molecule has 0 spiro atoms. The van der Waals surface area contributed by atoms with Gasteiger partial charge in [0, 0.05) is 16.1 Å². The molecule has 0 radical (unpaired) electrons. The molecule has 0 amide bonds. The van der Waals surface area contributed by atoms with E-state index in [2.05, 4.69) is 24.3 Å². The van der Waals surface area contributed by atoms with Crippen molar-refractivity contribution in [3.05, 3.63) is 106 Å². The van der Waals surface area contributed by atoms with Gasteiger partial charge < -0.3 is 0 Å². The maximum Gasteiger partial charge on any atom is 0.193 e. The van der Waals surface area contributed by atoms with E-state index in [1.54, 1.807) is 24.3 Å². The molecule has 0 aliphatic rings. The maximum absolute atomic E-state index is 12.4. The van der Waals surface area contributed by atoms with Gasteiger partial charge in [0.1, 0.15) is 0 Å². The summed E-state index contributed by atoms with van der Waals surface area (Å²) >= 11 is 5.86. The van der Waals surface area contributed by atoms with Gasteiger partial charge in [-0.05, 0) is 48.2 Å². The predicted molar refractivity (Wildman–Crippen MR) is 95.2 cm³/mol. The van der Waals surface area contributed by atoms with E-state index in [4.69, 9.17) is 11.6 Å². The summed E-state index contributed by atoms with van der Waals surface area (Å²) in [5.41, 5.74) is 3.93. The number of halogens is 1. The van der Waals surface area contributed by atoms with E-state index in [0.717, 1.165) is 12.8 Å². The third-order valence-electron chi connectivity index (χ3n) is 3.87. The van der Waals surface area contributed by atoms with Gasteiger partial charge in [0.05, 0.1) is 0 Å². The summed E-state index contributed by atoms with van der Waals surface area (Å²) in [7, 11) is 0. The first-order chi connectivity index (χ1) is 11.2. The molecule has 0 bridgehead atoms. The highest BCUT2D eigenvalue weighted by atomic mass is 35.5. The number of hydrogen-bond donors (Lipinski definition) is 0. The number of aryl methyl sites for hydroxylation is 2. The molecule has 0 unspecified atom stereocenters. The highest BCUT2D eigenvalue weighted by molar-refractivity contribution is 6.30. The zero-order valence-corrected chi connectivity index (χ0v) is 13.5. The number of carbonyl (C=O) groups is 1. The molecule has 0 aromatic heterocycles. The highest BCUT2D eigenvalue weighted by Crippen LogP contribution is 2.15. The molecule has 3 rings (SSSR count). The largest absolute Gasteiger partial charge is 0.289 e. The fourth-order valence-corrected chi connectivity index (χ4v) is 2.65. The molecule has 0 fully saturated rings. The van der Waals surface area contributed by atoms with Gasteiger partial charge in [0.15, 0.2) is 5.78 Å². The number of benzene rings is 3. The average molecular weight is 321 g/mol. The molecule has 3 aromatic rings. The molecule has 1 nitrogen and oxygen atoms in total. The number of carbonyl (C=O) groups excluding carboxylic acids is 1. The first-order valence-corrected chi connectivity index (χ1v) is 8.03. The Morgan fingerprint density at radius 2 is 1.13 bits per heavy atom. The summed E-state index contributed by atoms with van der Waals surface area (Å²) in [4.78, 5) is 12.4. The Labute approximate surface area is 141 Å². The van der Waals surface area contributed by atoms with E-state index in [-0.39, 0.29) is 5.78 Å². The molecule has 2 heteroatoms. The van der Waals surface area contributed by atoms with Crippen LogP contribution in [0.1, 0.15) is 27.0 Å². The van der Waals surface area contributed by atoms with Crippen molar-refractivity contribution >= 4 is 17.4 Å². The lowest BCUT2D eigenvalue weighted by molar-refractivity contribution is 0.103. The fraction of sp³-hybridized carbons (Fsp3) is 0.0952.